The zero-order valence-corrected chi connectivity index (χ0v) is 12.4. The summed E-state index contributed by atoms with van der Waals surface area (Å²) in [5.41, 5.74) is 0. The van der Waals surface area contributed by atoms with Gasteiger partial charge in [-0.3, -0.25) is 0 Å². The van der Waals surface area contributed by atoms with E-state index in [1.807, 2.05) is 26.6 Å². The predicted molar refractivity (Wildman–Crippen MR) is 54.3 cm³/mol. The van der Waals surface area contributed by atoms with Crippen LogP contribution in [-0.2, 0) is 14.0 Å². The molecule has 1 radical (unpaired) electrons. The van der Waals surface area contributed by atoms with E-state index in [1.54, 1.807) is 0 Å². The van der Waals surface area contributed by atoms with Crippen molar-refractivity contribution < 1.29 is 12.3 Å². The molecule has 0 fully saturated rings. The van der Waals surface area contributed by atoms with Crippen molar-refractivity contribution in [2.75, 3.05) is 5.75 Å². The van der Waals surface area contributed by atoms with Gasteiger partial charge in [-0.1, -0.05) is 6.92 Å². The molecule has 0 aliphatic heterocycles. The van der Waals surface area contributed by atoms with Crippen LogP contribution in [0.5, 0.6) is 0 Å². The van der Waals surface area contributed by atoms with Crippen molar-refractivity contribution >= 4 is 48.0 Å². The van der Waals surface area contributed by atoms with Crippen LogP contribution in [0.3, 0.4) is 0 Å². The van der Waals surface area contributed by atoms with E-state index in [1.165, 1.54) is 0 Å². The van der Waals surface area contributed by atoms with Gasteiger partial charge in [0.05, 0.1) is 5.75 Å². The topological polar surface area (TPSA) is 43.4 Å². The SMILES string of the molecule is CCCS(=O)(=O)O[Si](C)(C)C.[Na]. The molecule has 69 valence electrons. The van der Waals surface area contributed by atoms with E-state index in [4.69, 9.17) is 3.87 Å². The molecule has 12 heavy (non-hydrogen) atoms. The van der Waals surface area contributed by atoms with E-state index in [2.05, 4.69) is 0 Å². The van der Waals surface area contributed by atoms with Gasteiger partial charge in [0.15, 0.2) is 0 Å². The van der Waals surface area contributed by atoms with Crippen molar-refractivity contribution in [1.82, 2.24) is 0 Å². The van der Waals surface area contributed by atoms with Crippen LogP contribution >= 0.6 is 0 Å². The zero-order valence-electron chi connectivity index (χ0n) is 8.55. The Labute approximate surface area is 98.4 Å². The van der Waals surface area contributed by atoms with Gasteiger partial charge >= 0.3 is 0 Å². The maximum absolute atomic E-state index is 11.1. The van der Waals surface area contributed by atoms with Crippen LogP contribution in [0.15, 0.2) is 0 Å². The van der Waals surface area contributed by atoms with Crippen molar-refractivity contribution in [3.8, 4) is 0 Å². The number of hydrogen-bond acceptors (Lipinski definition) is 3. The molecule has 0 unspecified atom stereocenters. The molecular formula is C6H16NaO3SSi. The number of rotatable bonds is 4. The van der Waals surface area contributed by atoms with Crippen LogP contribution in [0.25, 0.3) is 0 Å². The van der Waals surface area contributed by atoms with E-state index in [0.29, 0.717) is 6.42 Å². The second kappa shape index (κ2) is 5.77. The maximum Gasteiger partial charge on any atom is 0.257 e. The average Bonchev–Trinajstić information content (AvgIpc) is 1.55. The van der Waals surface area contributed by atoms with Gasteiger partial charge < -0.3 is 3.87 Å². The Hall–Kier alpha value is 1.13. The first-order valence-corrected chi connectivity index (χ1v) is 8.69. The summed E-state index contributed by atoms with van der Waals surface area (Å²) < 4.78 is 27.1. The van der Waals surface area contributed by atoms with Gasteiger partial charge in [-0.05, 0) is 26.1 Å². The van der Waals surface area contributed by atoms with Gasteiger partial charge in [0.25, 0.3) is 10.1 Å². The fourth-order valence-corrected chi connectivity index (χ4v) is 4.55. The molecule has 0 saturated heterocycles. The van der Waals surface area contributed by atoms with Gasteiger partial charge in [0, 0.05) is 29.6 Å². The van der Waals surface area contributed by atoms with Crippen LogP contribution in [0.2, 0.25) is 19.6 Å². The van der Waals surface area contributed by atoms with E-state index in [9.17, 15) is 8.42 Å². The summed E-state index contributed by atoms with van der Waals surface area (Å²) in [5.74, 6) is 0.136. The fraction of sp³-hybridized carbons (Fsp3) is 1.00. The Morgan fingerprint density at radius 1 is 1.25 bits per heavy atom. The van der Waals surface area contributed by atoms with Crippen LogP contribution in [0.4, 0.5) is 0 Å². The van der Waals surface area contributed by atoms with Crippen LogP contribution in [0, 0.1) is 0 Å². The standard InChI is InChI=1S/C6H16O3SSi.Na/c1-5-6-10(7,8)9-11(2,3)4;/h5-6H2,1-4H3;. The van der Waals surface area contributed by atoms with E-state index in [0.717, 1.165) is 0 Å². The molecule has 0 aliphatic rings. The molecule has 0 aromatic heterocycles. The Morgan fingerprint density at radius 2 is 1.67 bits per heavy atom. The fourth-order valence-electron chi connectivity index (χ4n) is 0.673. The number of hydrogen-bond donors (Lipinski definition) is 0. The van der Waals surface area contributed by atoms with Crippen molar-refractivity contribution in [2.45, 2.75) is 33.0 Å². The largest absolute Gasteiger partial charge is 0.315 e. The first-order valence-electron chi connectivity index (χ1n) is 3.70. The molecule has 0 amide bonds. The molecular weight excluding hydrogens is 203 g/mol. The molecule has 0 bridgehead atoms. The van der Waals surface area contributed by atoms with E-state index < -0.39 is 18.4 Å². The Kier molecular flexibility index (Phi) is 7.50. The molecule has 0 saturated carbocycles. The monoisotopic (exact) mass is 219 g/mol. The minimum Gasteiger partial charge on any atom is -0.315 e. The van der Waals surface area contributed by atoms with E-state index in [-0.39, 0.29) is 35.3 Å². The third-order valence-electron chi connectivity index (χ3n) is 0.831. The van der Waals surface area contributed by atoms with Gasteiger partial charge in [-0.25, -0.2) is 8.42 Å². The molecule has 0 aromatic carbocycles. The summed E-state index contributed by atoms with van der Waals surface area (Å²) in [4.78, 5) is 0. The smallest absolute Gasteiger partial charge is 0.257 e. The molecule has 6 heteroatoms. The Bertz CT molecular complexity index is 207. The van der Waals surface area contributed by atoms with Crippen molar-refractivity contribution in [2.24, 2.45) is 0 Å². The first kappa shape index (κ1) is 15.6. The van der Waals surface area contributed by atoms with Gasteiger partial charge in [-0.2, -0.15) is 0 Å². The molecule has 0 rings (SSSR count). The molecule has 3 nitrogen and oxygen atoms in total. The van der Waals surface area contributed by atoms with Crippen LogP contribution in [-0.4, -0.2) is 52.0 Å². The summed E-state index contributed by atoms with van der Waals surface area (Å²) in [6, 6.07) is 0. The van der Waals surface area contributed by atoms with Crippen LogP contribution < -0.4 is 0 Å². The zero-order chi connectivity index (χ0) is 9.12. The third kappa shape index (κ3) is 9.22. The van der Waals surface area contributed by atoms with E-state index >= 15 is 0 Å². The van der Waals surface area contributed by atoms with Crippen molar-refractivity contribution in [1.29, 1.82) is 0 Å². The Morgan fingerprint density at radius 3 is 1.92 bits per heavy atom. The summed E-state index contributed by atoms with van der Waals surface area (Å²) in [6.45, 7) is 7.41. The van der Waals surface area contributed by atoms with Crippen molar-refractivity contribution in [3.63, 3.8) is 0 Å². The second-order valence-electron chi connectivity index (χ2n) is 3.46. The third-order valence-corrected chi connectivity index (χ3v) is 4.76. The molecule has 0 spiro atoms. The summed E-state index contributed by atoms with van der Waals surface area (Å²) in [5, 5.41) is 0. The van der Waals surface area contributed by atoms with Gasteiger partial charge in [0.1, 0.15) is 0 Å². The molecule has 0 aliphatic carbocycles. The maximum atomic E-state index is 11.1. The van der Waals surface area contributed by atoms with Crippen molar-refractivity contribution in [3.05, 3.63) is 0 Å². The minimum atomic E-state index is -3.23. The molecule has 0 heterocycles. The summed E-state index contributed by atoms with van der Waals surface area (Å²) >= 11 is 0. The molecule has 0 N–H and O–H groups in total. The summed E-state index contributed by atoms with van der Waals surface area (Å²) in [7, 11) is -5.15. The molecule has 0 atom stereocenters. The minimum absolute atomic E-state index is 0. The quantitative estimate of drug-likeness (QED) is 0.667. The molecule has 0 aromatic rings. The van der Waals surface area contributed by atoms with Gasteiger partial charge in [0.2, 0.25) is 8.32 Å². The summed E-state index contributed by atoms with van der Waals surface area (Å²) in [6.07, 6.45) is 0.618. The average molecular weight is 219 g/mol. The second-order valence-corrected chi connectivity index (χ2v) is 9.87. The first-order chi connectivity index (χ1) is 4.77. The Balaban J connectivity index is 0. The predicted octanol–water partition coefficient (Wildman–Crippen LogP) is 1.20. The van der Waals surface area contributed by atoms with Gasteiger partial charge in [-0.15, -0.1) is 0 Å². The van der Waals surface area contributed by atoms with Crippen LogP contribution in [0.1, 0.15) is 13.3 Å². The normalized spacial score (nSPS) is 12.3.